The van der Waals surface area contributed by atoms with Crippen LogP contribution in [0.3, 0.4) is 0 Å². The van der Waals surface area contributed by atoms with E-state index in [9.17, 15) is 9.59 Å². The van der Waals surface area contributed by atoms with E-state index in [1.165, 1.54) is 5.56 Å². The highest BCUT2D eigenvalue weighted by molar-refractivity contribution is 6.10. The minimum atomic E-state index is -0.921. The maximum atomic E-state index is 14.2. The largest absolute Gasteiger partial charge is 0.381 e. The van der Waals surface area contributed by atoms with Crippen LogP contribution in [0.25, 0.3) is 0 Å². The number of carbonyl (C=O) groups excluding carboxylic acids is 2. The van der Waals surface area contributed by atoms with Gasteiger partial charge in [-0.2, -0.15) is 0 Å². The standard InChI is InChI=1S/C27H37N3O3/c1-5-18(2)23-28-27(25(32)29(23)3)22-16-19(24(31)30-14-6-7-15-30)8-9-20(22)17-26(27)12-10-21(33-4)11-13-26/h8-9,16,18,21H,5-7,10-15,17H2,1-4H3. The molecule has 0 N–H and O–H groups in total. The van der Waals surface area contributed by atoms with Crippen molar-refractivity contribution < 1.29 is 14.3 Å². The van der Waals surface area contributed by atoms with E-state index in [2.05, 4.69) is 19.9 Å². The van der Waals surface area contributed by atoms with Crippen LogP contribution in [0.5, 0.6) is 0 Å². The van der Waals surface area contributed by atoms with E-state index in [0.717, 1.165) is 75.9 Å². The Balaban J connectivity index is 1.64. The minimum Gasteiger partial charge on any atom is -0.381 e. The van der Waals surface area contributed by atoms with Gasteiger partial charge >= 0.3 is 0 Å². The number of amidine groups is 1. The fourth-order valence-corrected chi connectivity index (χ4v) is 6.79. The molecule has 1 saturated heterocycles. The highest BCUT2D eigenvalue weighted by Gasteiger charge is 2.66. The first-order valence-corrected chi connectivity index (χ1v) is 12.7. The van der Waals surface area contributed by atoms with Gasteiger partial charge in [0, 0.05) is 44.1 Å². The Morgan fingerprint density at radius 2 is 1.94 bits per heavy atom. The van der Waals surface area contributed by atoms with Crippen LogP contribution in [-0.2, 0) is 21.5 Å². The Kier molecular flexibility index (Phi) is 5.63. The minimum absolute atomic E-state index is 0.0817. The lowest BCUT2D eigenvalue weighted by atomic mass is 9.61. The van der Waals surface area contributed by atoms with Crippen molar-refractivity contribution in [1.29, 1.82) is 0 Å². The Bertz CT molecular complexity index is 988. The summed E-state index contributed by atoms with van der Waals surface area (Å²) < 4.78 is 5.67. The fraction of sp³-hybridized carbons (Fsp3) is 0.667. The Labute approximate surface area is 197 Å². The molecule has 0 radical (unpaired) electrons. The van der Waals surface area contributed by atoms with E-state index >= 15 is 0 Å². The van der Waals surface area contributed by atoms with E-state index in [0.29, 0.717) is 5.56 Å². The summed E-state index contributed by atoms with van der Waals surface area (Å²) in [4.78, 5) is 36.5. The van der Waals surface area contributed by atoms with Crippen molar-refractivity contribution >= 4 is 17.6 Å². The molecule has 4 aliphatic rings. The van der Waals surface area contributed by atoms with E-state index in [1.54, 1.807) is 7.11 Å². The first-order chi connectivity index (χ1) is 15.9. The molecule has 2 fully saturated rings. The number of carbonyl (C=O) groups is 2. The lowest BCUT2D eigenvalue weighted by Crippen LogP contribution is -2.51. The van der Waals surface area contributed by atoms with Crippen LogP contribution >= 0.6 is 0 Å². The number of aliphatic imine (C=N–C) groups is 1. The molecule has 2 aliphatic carbocycles. The lowest BCUT2D eigenvalue weighted by Gasteiger charge is -2.45. The predicted octanol–water partition coefficient (Wildman–Crippen LogP) is 4.17. The predicted molar refractivity (Wildman–Crippen MR) is 128 cm³/mol. The highest BCUT2D eigenvalue weighted by atomic mass is 16.5. The zero-order valence-corrected chi connectivity index (χ0v) is 20.5. The molecule has 2 amide bonds. The van der Waals surface area contributed by atoms with Crippen molar-refractivity contribution in [3.8, 4) is 0 Å². The molecule has 1 aromatic carbocycles. The summed E-state index contributed by atoms with van der Waals surface area (Å²) in [6, 6.07) is 6.08. The average Bonchev–Trinajstić information content (AvgIpc) is 3.53. The molecule has 2 atom stereocenters. The van der Waals surface area contributed by atoms with E-state index in [1.807, 2.05) is 29.0 Å². The molecular weight excluding hydrogens is 414 g/mol. The molecule has 1 saturated carbocycles. The van der Waals surface area contributed by atoms with Gasteiger partial charge in [0.15, 0.2) is 5.54 Å². The fourth-order valence-electron chi connectivity index (χ4n) is 6.79. The third kappa shape index (κ3) is 3.20. The Hall–Kier alpha value is -2.21. The average molecular weight is 452 g/mol. The maximum absolute atomic E-state index is 14.2. The van der Waals surface area contributed by atoms with Crippen LogP contribution in [-0.4, -0.2) is 60.8 Å². The van der Waals surface area contributed by atoms with Crippen molar-refractivity contribution in [2.24, 2.45) is 16.3 Å². The number of fused-ring (bicyclic) bond motifs is 3. The summed E-state index contributed by atoms with van der Waals surface area (Å²) in [6.45, 7) is 5.94. The lowest BCUT2D eigenvalue weighted by molar-refractivity contribution is -0.137. The Morgan fingerprint density at radius 1 is 1.24 bits per heavy atom. The van der Waals surface area contributed by atoms with Crippen molar-refractivity contribution in [3.05, 3.63) is 34.9 Å². The van der Waals surface area contributed by atoms with Gasteiger partial charge in [0.2, 0.25) is 0 Å². The molecular formula is C27H37N3O3. The number of nitrogens with zero attached hydrogens (tertiary/aromatic N) is 3. The SMILES string of the molecule is CCC(C)C1=NC2(C(=O)N1C)c1cc(C(=O)N3CCCC3)ccc1CC21CCC(OC)CC1. The summed E-state index contributed by atoms with van der Waals surface area (Å²) in [7, 11) is 3.67. The van der Waals surface area contributed by atoms with E-state index in [4.69, 9.17) is 9.73 Å². The second-order valence-corrected chi connectivity index (χ2v) is 10.6. The number of likely N-dealkylation sites (N-methyl/N-ethyl adjacent to an activating group) is 1. The normalized spacial score (nSPS) is 32.1. The van der Waals surface area contributed by atoms with Gasteiger partial charge in [-0.25, -0.2) is 4.99 Å². The van der Waals surface area contributed by atoms with Gasteiger partial charge < -0.3 is 14.5 Å². The summed E-state index contributed by atoms with van der Waals surface area (Å²) >= 11 is 0. The smallest absolute Gasteiger partial charge is 0.260 e. The second-order valence-electron chi connectivity index (χ2n) is 10.6. The number of methoxy groups -OCH3 is 1. The van der Waals surface area contributed by atoms with Crippen molar-refractivity contribution in [3.63, 3.8) is 0 Å². The van der Waals surface area contributed by atoms with Gasteiger partial charge in [-0.05, 0) is 74.6 Å². The highest BCUT2D eigenvalue weighted by Crippen LogP contribution is 2.62. The number of likely N-dealkylation sites (tertiary alicyclic amines) is 1. The molecule has 2 aliphatic heterocycles. The quantitative estimate of drug-likeness (QED) is 0.690. The van der Waals surface area contributed by atoms with Crippen molar-refractivity contribution in [1.82, 2.24) is 9.80 Å². The van der Waals surface area contributed by atoms with Crippen LogP contribution in [0.1, 0.15) is 80.3 Å². The number of rotatable bonds is 4. The number of hydrogen-bond donors (Lipinski definition) is 0. The zero-order valence-electron chi connectivity index (χ0n) is 20.5. The van der Waals surface area contributed by atoms with Crippen LogP contribution < -0.4 is 0 Å². The molecule has 6 heteroatoms. The third-order valence-corrected chi connectivity index (χ3v) is 8.95. The molecule has 33 heavy (non-hydrogen) atoms. The van der Waals surface area contributed by atoms with Gasteiger partial charge in [-0.15, -0.1) is 0 Å². The van der Waals surface area contributed by atoms with Crippen LogP contribution in [0.4, 0.5) is 0 Å². The van der Waals surface area contributed by atoms with Gasteiger partial charge in [0.05, 0.1) is 6.10 Å². The third-order valence-electron chi connectivity index (χ3n) is 8.95. The van der Waals surface area contributed by atoms with Gasteiger partial charge in [0.1, 0.15) is 5.84 Å². The molecule has 2 spiro atoms. The Morgan fingerprint density at radius 3 is 2.58 bits per heavy atom. The summed E-state index contributed by atoms with van der Waals surface area (Å²) in [5.74, 6) is 1.27. The van der Waals surface area contributed by atoms with Gasteiger partial charge in [0.25, 0.3) is 11.8 Å². The zero-order chi connectivity index (χ0) is 23.4. The number of amides is 2. The molecule has 178 valence electrons. The monoisotopic (exact) mass is 451 g/mol. The van der Waals surface area contributed by atoms with Gasteiger partial charge in [-0.3, -0.25) is 9.59 Å². The maximum Gasteiger partial charge on any atom is 0.260 e. The first-order valence-electron chi connectivity index (χ1n) is 12.7. The summed E-state index contributed by atoms with van der Waals surface area (Å²) in [6.07, 6.45) is 7.86. The van der Waals surface area contributed by atoms with Crippen LogP contribution in [0.15, 0.2) is 23.2 Å². The van der Waals surface area contributed by atoms with Crippen molar-refractivity contribution in [2.75, 3.05) is 27.2 Å². The molecule has 0 aromatic heterocycles. The topological polar surface area (TPSA) is 62.2 Å². The molecule has 6 nitrogen and oxygen atoms in total. The number of ether oxygens (including phenoxy) is 1. The molecule has 2 heterocycles. The molecule has 2 unspecified atom stereocenters. The van der Waals surface area contributed by atoms with Crippen LogP contribution in [0.2, 0.25) is 0 Å². The molecule has 0 bridgehead atoms. The van der Waals surface area contributed by atoms with Crippen molar-refractivity contribution in [2.45, 2.75) is 76.9 Å². The molecule has 5 rings (SSSR count). The van der Waals surface area contributed by atoms with E-state index in [-0.39, 0.29) is 29.3 Å². The molecule has 1 aromatic rings. The second kappa shape index (κ2) is 8.23. The summed E-state index contributed by atoms with van der Waals surface area (Å²) in [5.41, 5.74) is 1.68. The van der Waals surface area contributed by atoms with Gasteiger partial charge in [-0.1, -0.05) is 19.9 Å². The van der Waals surface area contributed by atoms with E-state index < -0.39 is 5.54 Å². The number of hydrogen-bond acceptors (Lipinski definition) is 4. The van der Waals surface area contributed by atoms with Crippen LogP contribution in [0, 0.1) is 11.3 Å². The number of benzene rings is 1. The summed E-state index contributed by atoms with van der Waals surface area (Å²) in [5, 5.41) is 0. The first kappa shape index (κ1) is 22.6.